The lowest BCUT2D eigenvalue weighted by Crippen LogP contribution is -2.32. The van der Waals surface area contributed by atoms with Crippen molar-refractivity contribution in [2.24, 2.45) is 0 Å². The first kappa shape index (κ1) is 15.3. The van der Waals surface area contributed by atoms with E-state index < -0.39 is 10.0 Å². The summed E-state index contributed by atoms with van der Waals surface area (Å²) in [6.45, 7) is 8.95. The number of hydrogen-bond donors (Lipinski definition) is 2. The van der Waals surface area contributed by atoms with Crippen molar-refractivity contribution in [2.45, 2.75) is 44.2 Å². The first-order valence-corrected chi connectivity index (χ1v) is 8.42. The number of nitrogens with zero attached hydrogens (tertiary/aromatic N) is 1. The molecule has 1 heterocycles. The van der Waals surface area contributed by atoms with Gasteiger partial charge >= 0.3 is 0 Å². The number of likely N-dealkylation sites (N-methyl/N-ethyl adjacent to an activating group) is 1. The number of nitrogens with one attached hydrogen (secondary N) is 2. The molecule has 2 rings (SSSR count). The average molecular weight is 297 g/mol. The summed E-state index contributed by atoms with van der Waals surface area (Å²) >= 11 is 0. The molecule has 0 spiro atoms. The van der Waals surface area contributed by atoms with Gasteiger partial charge in [-0.05, 0) is 25.8 Å². The van der Waals surface area contributed by atoms with E-state index in [0.29, 0.717) is 30.6 Å². The minimum Gasteiger partial charge on any atom is -0.363 e. The molecule has 1 saturated carbocycles. The molecule has 112 valence electrons. The molecule has 1 aromatic rings. The van der Waals surface area contributed by atoms with Crippen LogP contribution < -0.4 is 5.32 Å². The van der Waals surface area contributed by atoms with Crippen molar-refractivity contribution >= 4 is 10.0 Å². The van der Waals surface area contributed by atoms with Crippen molar-refractivity contribution in [3.8, 4) is 0 Å². The normalized spacial score (nSPS) is 15.8. The number of aromatic amines is 1. The number of sulfonamides is 1. The average Bonchev–Trinajstić information content (AvgIpc) is 3.09. The summed E-state index contributed by atoms with van der Waals surface area (Å²) in [7, 11) is -3.43. The molecular formula is C14H23N3O2S. The third-order valence-electron chi connectivity index (χ3n) is 3.31. The van der Waals surface area contributed by atoms with Crippen LogP contribution >= 0.6 is 0 Å². The maximum atomic E-state index is 12.5. The van der Waals surface area contributed by atoms with Crippen LogP contribution in [0, 0.1) is 0 Å². The Bertz CT molecular complexity index is 573. The quantitative estimate of drug-likeness (QED) is 0.720. The molecule has 5 nitrogen and oxygen atoms in total. The zero-order valence-corrected chi connectivity index (χ0v) is 13.0. The molecular weight excluding hydrogens is 274 g/mol. The molecule has 20 heavy (non-hydrogen) atoms. The molecule has 0 unspecified atom stereocenters. The first-order chi connectivity index (χ1) is 9.43. The van der Waals surface area contributed by atoms with Crippen LogP contribution in [0.1, 0.15) is 32.4 Å². The Morgan fingerprint density at radius 2 is 2.25 bits per heavy atom. The highest BCUT2D eigenvalue weighted by Crippen LogP contribution is 2.21. The van der Waals surface area contributed by atoms with Gasteiger partial charge in [0, 0.05) is 37.6 Å². The van der Waals surface area contributed by atoms with Gasteiger partial charge in [-0.1, -0.05) is 19.1 Å². The molecule has 1 fully saturated rings. The molecule has 0 amide bonds. The summed E-state index contributed by atoms with van der Waals surface area (Å²) in [5.74, 6) is 0. The highest BCUT2D eigenvalue weighted by Gasteiger charge is 2.25. The summed E-state index contributed by atoms with van der Waals surface area (Å²) in [6, 6.07) is 2.32. The van der Waals surface area contributed by atoms with E-state index in [1.165, 1.54) is 17.1 Å². The molecule has 0 bridgehead atoms. The minimum atomic E-state index is -3.43. The van der Waals surface area contributed by atoms with Gasteiger partial charge in [0.2, 0.25) is 10.0 Å². The maximum Gasteiger partial charge on any atom is 0.244 e. The Labute approximate surface area is 121 Å². The third-order valence-corrected chi connectivity index (χ3v) is 5.21. The molecule has 1 aliphatic carbocycles. The van der Waals surface area contributed by atoms with Gasteiger partial charge in [0.15, 0.2) is 0 Å². The van der Waals surface area contributed by atoms with Crippen LogP contribution in [0.5, 0.6) is 0 Å². The molecule has 1 aliphatic rings. The molecule has 6 heteroatoms. The van der Waals surface area contributed by atoms with E-state index in [2.05, 4.69) is 16.9 Å². The molecule has 0 aromatic carbocycles. The van der Waals surface area contributed by atoms with Gasteiger partial charge in [-0.15, -0.1) is 0 Å². The molecule has 0 atom stereocenters. The number of rotatable bonds is 8. The zero-order chi connectivity index (χ0) is 14.8. The van der Waals surface area contributed by atoms with E-state index in [1.807, 2.05) is 13.8 Å². The van der Waals surface area contributed by atoms with Crippen molar-refractivity contribution in [3.05, 3.63) is 30.1 Å². The summed E-state index contributed by atoms with van der Waals surface area (Å²) in [5.41, 5.74) is 1.74. The number of aromatic nitrogens is 1. The second-order valence-corrected chi connectivity index (χ2v) is 7.34. The van der Waals surface area contributed by atoms with Crippen LogP contribution in [0.4, 0.5) is 0 Å². The van der Waals surface area contributed by atoms with E-state index in [4.69, 9.17) is 0 Å². The van der Waals surface area contributed by atoms with Gasteiger partial charge in [0.05, 0.1) is 4.90 Å². The minimum absolute atomic E-state index is 0.327. The third kappa shape index (κ3) is 3.71. The van der Waals surface area contributed by atoms with Gasteiger partial charge in [0.1, 0.15) is 0 Å². The Kier molecular flexibility index (Phi) is 4.67. The molecule has 2 N–H and O–H groups in total. The van der Waals surface area contributed by atoms with Gasteiger partial charge < -0.3 is 10.3 Å². The first-order valence-electron chi connectivity index (χ1n) is 6.98. The SMILES string of the molecule is C=C(C)CN(CC)S(=O)(=O)c1c[nH]c(CNC2CC2)c1. The van der Waals surface area contributed by atoms with Crippen LogP contribution in [-0.4, -0.2) is 36.8 Å². The topological polar surface area (TPSA) is 65.2 Å². The standard InChI is InChI=1S/C14H23N3O2S/c1-4-17(10-11(2)3)20(18,19)14-7-13(16-9-14)8-15-12-5-6-12/h7,9,12,15-16H,2,4-6,8,10H2,1,3H3. The lowest BCUT2D eigenvalue weighted by molar-refractivity contribution is 0.453. The fourth-order valence-electron chi connectivity index (χ4n) is 2.03. The van der Waals surface area contributed by atoms with Gasteiger partial charge in [-0.2, -0.15) is 4.31 Å². The maximum absolute atomic E-state index is 12.5. The summed E-state index contributed by atoms with van der Waals surface area (Å²) in [5, 5.41) is 3.36. The van der Waals surface area contributed by atoms with Gasteiger partial charge in [-0.25, -0.2) is 8.42 Å². The zero-order valence-electron chi connectivity index (χ0n) is 12.1. The Hall–Kier alpha value is -1.11. The van der Waals surface area contributed by atoms with Crippen molar-refractivity contribution in [3.63, 3.8) is 0 Å². The number of H-pyrrole nitrogens is 1. The van der Waals surface area contributed by atoms with Gasteiger partial charge in [0.25, 0.3) is 0 Å². The van der Waals surface area contributed by atoms with Crippen LogP contribution in [0.2, 0.25) is 0 Å². The molecule has 0 radical (unpaired) electrons. The predicted octanol–water partition coefficient (Wildman–Crippen LogP) is 1.85. The van der Waals surface area contributed by atoms with E-state index in [0.717, 1.165) is 11.3 Å². The van der Waals surface area contributed by atoms with E-state index in [1.54, 1.807) is 12.3 Å². The summed E-state index contributed by atoms with van der Waals surface area (Å²) in [6.07, 6.45) is 4.00. The Balaban J connectivity index is 2.08. The molecule has 0 saturated heterocycles. The van der Waals surface area contributed by atoms with Crippen molar-refractivity contribution < 1.29 is 8.42 Å². The van der Waals surface area contributed by atoms with E-state index in [-0.39, 0.29) is 0 Å². The van der Waals surface area contributed by atoms with Gasteiger partial charge in [-0.3, -0.25) is 0 Å². The smallest absolute Gasteiger partial charge is 0.244 e. The Morgan fingerprint density at radius 3 is 2.80 bits per heavy atom. The van der Waals surface area contributed by atoms with E-state index in [9.17, 15) is 8.42 Å². The van der Waals surface area contributed by atoms with E-state index >= 15 is 0 Å². The highest BCUT2D eigenvalue weighted by atomic mass is 32.2. The highest BCUT2D eigenvalue weighted by molar-refractivity contribution is 7.89. The van der Waals surface area contributed by atoms with Crippen molar-refractivity contribution in [1.82, 2.24) is 14.6 Å². The molecule has 1 aromatic heterocycles. The van der Waals surface area contributed by atoms with Crippen LogP contribution in [-0.2, 0) is 16.6 Å². The summed E-state index contributed by atoms with van der Waals surface area (Å²) in [4.78, 5) is 3.36. The predicted molar refractivity (Wildman–Crippen MR) is 79.9 cm³/mol. The van der Waals surface area contributed by atoms with Crippen molar-refractivity contribution in [1.29, 1.82) is 0 Å². The molecule has 0 aliphatic heterocycles. The number of hydrogen-bond acceptors (Lipinski definition) is 3. The fraction of sp³-hybridized carbons (Fsp3) is 0.571. The largest absolute Gasteiger partial charge is 0.363 e. The second-order valence-electron chi connectivity index (χ2n) is 5.40. The van der Waals surface area contributed by atoms with Crippen LogP contribution in [0.25, 0.3) is 0 Å². The monoisotopic (exact) mass is 297 g/mol. The second kappa shape index (κ2) is 6.11. The van der Waals surface area contributed by atoms with Crippen molar-refractivity contribution in [2.75, 3.05) is 13.1 Å². The van der Waals surface area contributed by atoms with Crippen LogP contribution in [0.3, 0.4) is 0 Å². The summed E-state index contributed by atoms with van der Waals surface area (Å²) < 4.78 is 26.5. The lowest BCUT2D eigenvalue weighted by Gasteiger charge is -2.19. The Morgan fingerprint density at radius 1 is 1.55 bits per heavy atom. The fourth-order valence-corrected chi connectivity index (χ4v) is 3.56. The van der Waals surface area contributed by atoms with Crippen LogP contribution in [0.15, 0.2) is 29.3 Å². The lowest BCUT2D eigenvalue weighted by atomic mass is 10.3.